The fourth-order valence-electron chi connectivity index (χ4n) is 4.82. The van der Waals surface area contributed by atoms with Gasteiger partial charge in [-0.15, -0.1) is 10.2 Å². The molecule has 4 N–H and O–H groups in total. The number of fused-ring (bicyclic) bond motifs is 3. The number of aromatic nitrogens is 3. The predicted molar refractivity (Wildman–Crippen MR) is 168 cm³/mol. The van der Waals surface area contributed by atoms with E-state index >= 15 is 0 Å². The summed E-state index contributed by atoms with van der Waals surface area (Å²) in [6.07, 6.45) is 2.98. The molecule has 3 aromatic carbocycles. The summed E-state index contributed by atoms with van der Waals surface area (Å²) in [6, 6.07) is 18.9. The lowest BCUT2D eigenvalue weighted by atomic mass is 9.80. The van der Waals surface area contributed by atoms with Crippen LogP contribution in [0.5, 0.6) is 5.75 Å². The third kappa shape index (κ3) is 7.05. The molecule has 1 atom stereocenters. The second kappa shape index (κ2) is 13.7. The van der Waals surface area contributed by atoms with Crippen molar-refractivity contribution in [2.75, 3.05) is 20.2 Å². The Morgan fingerprint density at radius 2 is 1.75 bits per heavy atom. The molecule has 0 radical (unpaired) electrons. The van der Waals surface area contributed by atoms with Gasteiger partial charge in [-0.3, -0.25) is 19.1 Å². The molecule has 0 saturated carbocycles. The van der Waals surface area contributed by atoms with E-state index in [4.69, 9.17) is 21.3 Å². The maximum absolute atomic E-state index is 13.1. The number of nitrogens with zero attached hydrogens (tertiary/aromatic N) is 4. The first-order valence-corrected chi connectivity index (χ1v) is 14.2. The van der Waals surface area contributed by atoms with Crippen LogP contribution in [0.3, 0.4) is 0 Å². The van der Waals surface area contributed by atoms with Crippen LogP contribution in [0.25, 0.3) is 11.8 Å². The summed E-state index contributed by atoms with van der Waals surface area (Å²) in [5.74, 6) is 1.25. The van der Waals surface area contributed by atoms with Crippen molar-refractivity contribution in [1.29, 1.82) is 0 Å². The Bertz CT molecular complexity index is 1720. The monoisotopic (exact) mass is 612 g/mol. The van der Waals surface area contributed by atoms with Gasteiger partial charge < -0.3 is 25.4 Å². The molecule has 1 aromatic heterocycles. The normalized spacial score (nSPS) is 13.8. The average Bonchev–Trinajstić information content (AvgIpc) is 3.35. The van der Waals surface area contributed by atoms with Gasteiger partial charge in [0.15, 0.2) is 5.82 Å². The Morgan fingerprint density at radius 1 is 1.02 bits per heavy atom. The van der Waals surface area contributed by atoms with E-state index in [0.29, 0.717) is 33.6 Å². The number of ether oxygens (including phenoxy) is 1. The molecule has 5 rings (SSSR count). The van der Waals surface area contributed by atoms with Crippen molar-refractivity contribution in [2.45, 2.75) is 19.4 Å². The summed E-state index contributed by atoms with van der Waals surface area (Å²) in [4.78, 5) is 30.4. The lowest BCUT2D eigenvalue weighted by Gasteiger charge is -2.14. The van der Waals surface area contributed by atoms with Crippen molar-refractivity contribution in [1.82, 2.24) is 25.4 Å². The number of aliphatic imine (C=N–C) groups is 1. The van der Waals surface area contributed by atoms with E-state index in [0.717, 1.165) is 22.4 Å². The lowest BCUT2D eigenvalue weighted by Crippen LogP contribution is -2.34. The zero-order valence-corrected chi connectivity index (χ0v) is 24.8. The Hall–Kier alpha value is -4.78. The average molecular weight is 613 g/mol. The van der Waals surface area contributed by atoms with Gasteiger partial charge in [0, 0.05) is 35.3 Å². The molecule has 0 bridgehead atoms. The van der Waals surface area contributed by atoms with Gasteiger partial charge in [0.1, 0.15) is 17.6 Å². The maximum Gasteiger partial charge on any atom is 0.488 e. The molecule has 11 nitrogen and oxygen atoms in total. The lowest BCUT2D eigenvalue weighted by molar-refractivity contribution is -0.122. The molecule has 2 amide bonds. The molecule has 0 unspecified atom stereocenters. The van der Waals surface area contributed by atoms with E-state index in [-0.39, 0.29) is 31.3 Å². The summed E-state index contributed by atoms with van der Waals surface area (Å²) in [5.41, 5.74) is 4.19. The second-order valence-corrected chi connectivity index (χ2v) is 10.5. The molecule has 0 saturated heterocycles. The quantitative estimate of drug-likeness (QED) is 0.122. The number of methoxy groups -OCH3 is 1. The number of halogens is 1. The van der Waals surface area contributed by atoms with E-state index < -0.39 is 13.2 Å². The van der Waals surface area contributed by atoms with Crippen LogP contribution in [0, 0.1) is 6.92 Å². The molecular formula is C31H30BClN6O5. The number of amides is 2. The number of hydrogen-bond acceptors (Lipinski definition) is 8. The Kier molecular flexibility index (Phi) is 9.54. The van der Waals surface area contributed by atoms with Crippen LogP contribution in [0.4, 0.5) is 0 Å². The van der Waals surface area contributed by atoms with Crippen LogP contribution in [0.1, 0.15) is 40.8 Å². The molecule has 0 fully saturated rings. The first kappa shape index (κ1) is 30.7. The molecule has 1 aliphatic heterocycles. The van der Waals surface area contributed by atoms with Gasteiger partial charge in [0.25, 0.3) is 0 Å². The van der Waals surface area contributed by atoms with E-state index in [1.165, 1.54) is 6.08 Å². The smallest absolute Gasteiger partial charge is 0.488 e. The molecule has 224 valence electrons. The van der Waals surface area contributed by atoms with Crippen molar-refractivity contribution in [3.05, 3.63) is 106 Å². The van der Waals surface area contributed by atoms with Crippen molar-refractivity contribution in [2.24, 2.45) is 4.99 Å². The largest absolute Gasteiger partial charge is 0.497 e. The predicted octanol–water partition coefficient (Wildman–Crippen LogP) is 2.15. The van der Waals surface area contributed by atoms with Gasteiger partial charge in [-0.1, -0.05) is 48.0 Å². The number of aryl methyl sites for hydroxylation is 1. The van der Waals surface area contributed by atoms with E-state index in [1.807, 2.05) is 41.8 Å². The molecule has 4 aromatic rings. The van der Waals surface area contributed by atoms with Crippen LogP contribution >= 0.6 is 11.6 Å². The summed E-state index contributed by atoms with van der Waals surface area (Å²) in [7, 11) is 0.0534. The van der Waals surface area contributed by atoms with Gasteiger partial charge in [0.2, 0.25) is 11.8 Å². The first-order chi connectivity index (χ1) is 21.2. The minimum atomic E-state index is -1.55. The zero-order valence-electron chi connectivity index (χ0n) is 24.1. The summed E-state index contributed by atoms with van der Waals surface area (Å²) < 4.78 is 7.41. The van der Waals surface area contributed by atoms with Crippen LogP contribution in [-0.2, 0) is 9.59 Å². The van der Waals surface area contributed by atoms with E-state index in [2.05, 4.69) is 20.8 Å². The van der Waals surface area contributed by atoms with Crippen LogP contribution in [0.15, 0.2) is 77.8 Å². The van der Waals surface area contributed by atoms with Gasteiger partial charge in [-0.05, 0) is 54.4 Å². The van der Waals surface area contributed by atoms with Gasteiger partial charge >= 0.3 is 7.12 Å². The number of carbonyl (C=O) groups excluding carboxylic acids is 2. The Labute approximate surface area is 259 Å². The minimum Gasteiger partial charge on any atom is -0.497 e. The Morgan fingerprint density at radius 3 is 2.45 bits per heavy atom. The third-order valence-electron chi connectivity index (χ3n) is 7.04. The number of benzene rings is 3. The van der Waals surface area contributed by atoms with E-state index in [1.54, 1.807) is 49.6 Å². The number of nitrogens with one attached hydrogen (secondary N) is 2. The molecule has 1 aliphatic rings. The van der Waals surface area contributed by atoms with Gasteiger partial charge in [-0.25, -0.2) is 0 Å². The summed E-state index contributed by atoms with van der Waals surface area (Å²) >= 11 is 6.16. The number of rotatable bonds is 10. The van der Waals surface area contributed by atoms with E-state index in [9.17, 15) is 19.6 Å². The highest BCUT2D eigenvalue weighted by molar-refractivity contribution is 6.58. The fourth-order valence-corrected chi connectivity index (χ4v) is 4.95. The number of hydrogen-bond donors (Lipinski definition) is 4. The van der Waals surface area contributed by atoms with Crippen LogP contribution in [-0.4, -0.2) is 69.7 Å². The van der Waals surface area contributed by atoms with Gasteiger partial charge in [0.05, 0.1) is 24.9 Å². The molecule has 0 spiro atoms. The highest BCUT2D eigenvalue weighted by atomic mass is 35.5. The fraction of sp³-hybridized carbons (Fsp3) is 0.194. The van der Waals surface area contributed by atoms with Crippen LogP contribution < -0.4 is 20.8 Å². The summed E-state index contributed by atoms with van der Waals surface area (Å²) in [5, 5.41) is 33.2. The first-order valence-electron chi connectivity index (χ1n) is 13.9. The van der Waals surface area contributed by atoms with Crippen molar-refractivity contribution in [3.8, 4) is 11.4 Å². The van der Waals surface area contributed by atoms with Crippen molar-refractivity contribution < 1.29 is 24.4 Å². The molecular weight excluding hydrogens is 583 g/mol. The second-order valence-electron chi connectivity index (χ2n) is 10.0. The topological polar surface area (TPSA) is 151 Å². The molecule has 44 heavy (non-hydrogen) atoms. The summed E-state index contributed by atoms with van der Waals surface area (Å²) in [6.45, 7) is 2.28. The van der Waals surface area contributed by atoms with Crippen molar-refractivity contribution >= 4 is 47.8 Å². The van der Waals surface area contributed by atoms with Crippen molar-refractivity contribution in [3.63, 3.8) is 0 Å². The highest BCUT2D eigenvalue weighted by Crippen LogP contribution is 2.34. The minimum absolute atomic E-state index is 0.00667. The molecule has 13 heteroatoms. The van der Waals surface area contributed by atoms with Crippen LogP contribution in [0.2, 0.25) is 5.02 Å². The zero-order chi connectivity index (χ0) is 31.2. The Balaban J connectivity index is 1.27. The highest BCUT2D eigenvalue weighted by Gasteiger charge is 2.30. The number of carbonyl (C=O) groups is 2. The third-order valence-corrected chi connectivity index (χ3v) is 7.29. The maximum atomic E-state index is 13.1. The molecule has 2 heterocycles. The van der Waals surface area contributed by atoms with Gasteiger partial charge in [-0.2, -0.15) is 0 Å². The molecule has 0 aliphatic carbocycles. The standard InChI is InChI=1S/C31H30BClN6O5/c1-19-37-38-31-26(18-29(41)35-16-15-34-28(40)14-5-20-3-8-22(9-4-20)32(42)43)36-30(21-6-10-23(33)11-7-21)25-17-24(44-2)12-13-27(25)39(19)31/h3-14,17,26,42-43H,15-16,18H2,1-2H3,(H,34,40)(H,35,41)/t26-/m0/s1. The SMILES string of the molecule is COc1ccc2c(c1)C(c1ccc(Cl)cc1)=N[C@@H](CC(=O)NCCNC(=O)C=Cc1ccc(B(O)O)cc1)c1nnc(C)n1-2.